The highest BCUT2D eigenvalue weighted by molar-refractivity contribution is 6.23. The standard InChI is InChI=1S/C49H50F3N9O6/c50-31-20-29(21-32(51)24-31)19-28-1-4-41-39(22-28)45(57-56-41)55-46(63)36-3-2-35(25-42(36)53-33-9-17-67-18-10-33)60-15-13-59(14-16-60)34-7-11-58(12-8-34)27-30-23-37-38(26-40(30)52)49(66)61(48(37)65)43-5-6-44(62)54-47(43)64/h1-4,20-26,33-34,43,53H,5-19,27H2,(H,54,62,64)(H2,55,56,57,63). The van der Waals surface area contributed by atoms with Crippen LogP contribution in [0.25, 0.3) is 10.9 Å². The quantitative estimate of drug-likeness (QED) is 0.122. The second-order valence-corrected chi connectivity index (χ2v) is 18.1. The van der Waals surface area contributed by atoms with Gasteiger partial charge < -0.3 is 20.3 Å². The molecule has 5 amide bonds. The molecule has 0 spiro atoms. The molecule has 0 saturated carbocycles. The van der Waals surface area contributed by atoms with Gasteiger partial charge in [0.25, 0.3) is 17.7 Å². The summed E-state index contributed by atoms with van der Waals surface area (Å²) >= 11 is 0. The van der Waals surface area contributed by atoms with Crippen molar-refractivity contribution >= 4 is 57.6 Å². The molecule has 0 aliphatic carbocycles. The number of amides is 5. The van der Waals surface area contributed by atoms with Gasteiger partial charge in [0.1, 0.15) is 23.5 Å². The summed E-state index contributed by atoms with van der Waals surface area (Å²) in [5.74, 6) is -4.40. The van der Waals surface area contributed by atoms with E-state index < -0.39 is 47.1 Å². The van der Waals surface area contributed by atoms with E-state index in [1.807, 2.05) is 36.4 Å². The van der Waals surface area contributed by atoms with Crippen LogP contribution in [0.3, 0.4) is 0 Å². The van der Waals surface area contributed by atoms with Crippen LogP contribution in [0.2, 0.25) is 0 Å². The number of rotatable bonds is 11. The van der Waals surface area contributed by atoms with E-state index >= 15 is 4.39 Å². The van der Waals surface area contributed by atoms with Crippen molar-refractivity contribution in [3.8, 4) is 0 Å². The molecular weight excluding hydrogens is 868 g/mol. The molecule has 10 rings (SSSR count). The number of nitrogens with one attached hydrogen (secondary N) is 4. The molecule has 0 radical (unpaired) electrons. The Labute approximate surface area is 384 Å². The van der Waals surface area contributed by atoms with Gasteiger partial charge in [-0.25, -0.2) is 13.2 Å². The number of H-pyrrole nitrogens is 1. The molecule has 1 atom stereocenters. The lowest BCUT2D eigenvalue weighted by Gasteiger charge is -2.43. The Morgan fingerprint density at radius 2 is 1.51 bits per heavy atom. The van der Waals surface area contributed by atoms with Gasteiger partial charge in [0, 0.05) is 92.8 Å². The van der Waals surface area contributed by atoms with E-state index in [2.05, 4.69) is 40.8 Å². The number of aromatic amines is 1. The monoisotopic (exact) mass is 917 g/mol. The van der Waals surface area contributed by atoms with Crippen molar-refractivity contribution < 1.29 is 41.9 Å². The van der Waals surface area contributed by atoms with Gasteiger partial charge in [-0.2, -0.15) is 5.10 Å². The fourth-order valence-corrected chi connectivity index (χ4v) is 10.2. The highest BCUT2D eigenvalue weighted by atomic mass is 19.1. The zero-order valence-corrected chi connectivity index (χ0v) is 36.7. The Morgan fingerprint density at radius 1 is 0.776 bits per heavy atom. The fraction of sp³-hybridized carbons (Fsp3) is 0.388. The number of anilines is 3. The lowest BCUT2D eigenvalue weighted by molar-refractivity contribution is -0.136. The zero-order valence-electron chi connectivity index (χ0n) is 36.7. The minimum Gasteiger partial charge on any atom is -0.381 e. The summed E-state index contributed by atoms with van der Waals surface area (Å²) < 4.78 is 48.9. The van der Waals surface area contributed by atoms with Gasteiger partial charge in [-0.15, -0.1) is 0 Å². The van der Waals surface area contributed by atoms with Crippen LogP contribution in [0.1, 0.15) is 86.3 Å². The normalized spacial score (nSPS) is 20.1. The minimum absolute atomic E-state index is 0.00576. The third-order valence-corrected chi connectivity index (χ3v) is 13.8. The molecule has 1 aromatic heterocycles. The van der Waals surface area contributed by atoms with E-state index in [9.17, 15) is 32.8 Å². The molecule has 15 nitrogen and oxygen atoms in total. The number of fused-ring (bicyclic) bond motifs is 2. The van der Waals surface area contributed by atoms with Crippen LogP contribution in [-0.2, 0) is 27.3 Å². The van der Waals surface area contributed by atoms with E-state index in [0.29, 0.717) is 64.8 Å². The molecular formula is C49H50F3N9O6. The van der Waals surface area contributed by atoms with Gasteiger partial charge in [0.05, 0.1) is 22.2 Å². The molecule has 5 aromatic rings. The number of halogens is 3. The van der Waals surface area contributed by atoms with Crippen LogP contribution in [-0.4, -0.2) is 125 Å². The number of nitrogens with zero attached hydrogens (tertiary/aromatic N) is 5. The Morgan fingerprint density at radius 3 is 2.24 bits per heavy atom. The zero-order chi connectivity index (χ0) is 46.3. The molecule has 4 saturated heterocycles. The first-order valence-corrected chi connectivity index (χ1v) is 22.9. The number of piperazine rings is 1. The van der Waals surface area contributed by atoms with Gasteiger partial charge >= 0.3 is 0 Å². The van der Waals surface area contributed by atoms with Crippen molar-refractivity contribution in [2.45, 2.75) is 69.6 Å². The molecule has 67 heavy (non-hydrogen) atoms. The van der Waals surface area contributed by atoms with Gasteiger partial charge in [0.15, 0.2) is 5.82 Å². The van der Waals surface area contributed by atoms with Crippen LogP contribution in [0, 0.1) is 17.5 Å². The van der Waals surface area contributed by atoms with Gasteiger partial charge in [-0.05, 0) is 117 Å². The van der Waals surface area contributed by atoms with Crippen LogP contribution >= 0.6 is 0 Å². The van der Waals surface area contributed by atoms with Gasteiger partial charge in [-0.3, -0.25) is 49.1 Å². The number of benzene rings is 4. The number of aromatic nitrogens is 2. The summed E-state index contributed by atoms with van der Waals surface area (Å²) in [4.78, 5) is 72.6. The van der Waals surface area contributed by atoms with Crippen LogP contribution in [0.15, 0.2) is 66.7 Å². The number of likely N-dealkylation sites (tertiary alicyclic amines) is 1. The second kappa shape index (κ2) is 18.6. The maximum Gasteiger partial charge on any atom is 0.262 e. The second-order valence-electron chi connectivity index (χ2n) is 18.1. The number of ether oxygens (including phenoxy) is 1. The molecule has 4 aromatic carbocycles. The van der Waals surface area contributed by atoms with Crippen molar-refractivity contribution in [1.29, 1.82) is 0 Å². The highest BCUT2D eigenvalue weighted by Gasteiger charge is 2.45. The van der Waals surface area contributed by atoms with E-state index in [4.69, 9.17) is 4.74 Å². The predicted molar refractivity (Wildman–Crippen MR) is 242 cm³/mol. The third kappa shape index (κ3) is 9.25. The SMILES string of the molecule is O=C1CCC(N2C(=O)c3cc(F)c(CN4CCC(N5CCN(c6ccc(C(=O)Nc7n[nH]c8ccc(Cc9cc(F)cc(F)c9)cc78)c(NC7CCOCC7)c6)CC5)CC4)cc3C2=O)C(=O)N1. The van der Waals surface area contributed by atoms with E-state index in [1.54, 1.807) is 0 Å². The lowest BCUT2D eigenvalue weighted by Crippen LogP contribution is -2.54. The Hall–Kier alpha value is -6.63. The summed E-state index contributed by atoms with van der Waals surface area (Å²) in [5, 5.41) is 16.9. The molecule has 0 bridgehead atoms. The Kier molecular flexibility index (Phi) is 12.3. The van der Waals surface area contributed by atoms with Gasteiger partial charge in [0.2, 0.25) is 11.8 Å². The number of hydrogen-bond donors (Lipinski definition) is 4. The van der Waals surface area contributed by atoms with Crippen molar-refractivity contribution in [1.82, 2.24) is 30.2 Å². The molecule has 1 unspecified atom stereocenters. The van der Waals surface area contributed by atoms with Gasteiger partial charge in [-0.1, -0.05) is 6.07 Å². The number of hydrogen-bond acceptors (Lipinski definition) is 11. The number of carbonyl (C=O) groups excluding carboxylic acids is 5. The summed E-state index contributed by atoms with van der Waals surface area (Å²) in [6, 6.07) is 16.8. The Bertz CT molecular complexity index is 2760. The summed E-state index contributed by atoms with van der Waals surface area (Å²) in [6.07, 6.45) is 3.71. The fourth-order valence-electron chi connectivity index (χ4n) is 10.2. The first-order valence-electron chi connectivity index (χ1n) is 22.9. The summed E-state index contributed by atoms with van der Waals surface area (Å²) in [7, 11) is 0. The average molecular weight is 918 g/mol. The topological polar surface area (TPSA) is 172 Å². The van der Waals surface area contributed by atoms with E-state index in [0.717, 1.165) is 93.2 Å². The summed E-state index contributed by atoms with van der Waals surface area (Å²) in [5.41, 5.74) is 4.50. The molecule has 348 valence electrons. The van der Waals surface area contributed by atoms with Crippen molar-refractivity contribution in [2.75, 3.05) is 68.0 Å². The lowest BCUT2D eigenvalue weighted by atomic mass is 10.00. The van der Waals surface area contributed by atoms with Crippen LogP contribution in [0.5, 0.6) is 0 Å². The number of imide groups is 2. The number of carbonyl (C=O) groups is 5. The van der Waals surface area contributed by atoms with Crippen molar-refractivity contribution in [3.05, 3.63) is 118 Å². The molecule has 18 heteroatoms. The first-order chi connectivity index (χ1) is 32.4. The third-order valence-electron chi connectivity index (χ3n) is 13.8. The smallest absolute Gasteiger partial charge is 0.262 e. The van der Waals surface area contributed by atoms with Crippen molar-refractivity contribution in [2.24, 2.45) is 0 Å². The van der Waals surface area contributed by atoms with E-state index in [1.165, 1.54) is 18.2 Å². The first kappa shape index (κ1) is 44.2. The largest absolute Gasteiger partial charge is 0.381 e. The molecule has 6 heterocycles. The van der Waals surface area contributed by atoms with Crippen LogP contribution in [0.4, 0.5) is 30.4 Å². The van der Waals surface area contributed by atoms with Crippen LogP contribution < -0.4 is 20.9 Å². The predicted octanol–water partition coefficient (Wildman–Crippen LogP) is 5.60. The highest BCUT2D eigenvalue weighted by Crippen LogP contribution is 2.33. The maximum absolute atomic E-state index is 15.5. The maximum atomic E-state index is 15.5. The molecule has 4 fully saturated rings. The molecule has 4 N–H and O–H groups in total. The molecule has 5 aliphatic heterocycles. The Balaban J connectivity index is 0.765. The number of piperidine rings is 2. The van der Waals surface area contributed by atoms with Crippen molar-refractivity contribution in [3.63, 3.8) is 0 Å². The van der Waals surface area contributed by atoms with E-state index in [-0.39, 0.29) is 42.5 Å². The summed E-state index contributed by atoms with van der Waals surface area (Å²) in [6.45, 7) is 6.26. The molecule has 5 aliphatic rings. The minimum atomic E-state index is -1.11. The average Bonchev–Trinajstić information content (AvgIpc) is 3.81.